The van der Waals surface area contributed by atoms with Crippen molar-refractivity contribution < 1.29 is 0 Å². The van der Waals surface area contributed by atoms with Crippen LogP contribution in [0.5, 0.6) is 0 Å². The molecule has 0 amide bonds. The zero-order valence-electron chi connectivity index (χ0n) is 23.3. The van der Waals surface area contributed by atoms with E-state index in [1.807, 2.05) is 47.0 Å². The minimum Gasteiger partial charge on any atom is -0.388 e. The second-order valence-electron chi connectivity index (χ2n) is 8.09. The normalized spacial score (nSPS) is 14.0. The second kappa shape index (κ2) is 16.5. The smallest absolute Gasteiger partial charge is 0.0696 e. The van der Waals surface area contributed by atoms with Gasteiger partial charge in [-0.05, 0) is 83.7 Å². The molecule has 0 bridgehead atoms. The van der Waals surface area contributed by atoms with Gasteiger partial charge in [-0.3, -0.25) is 4.98 Å². The summed E-state index contributed by atoms with van der Waals surface area (Å²) in [5.74, 6) is 0.613. The Morgan fingerprint density at radius 2 is 1.86 bits per heavy atom. The van der Waals surface area contributed by atoms with Crippen LogP contribution in [0.2, 0.25) is 0 Å². The van der Waals surface area contributed by atoms with Crippen molar-refractivity contribution in [3.63, 3.8) is 0 Å². The highest BCUT2D eigenvalue weighted by molar-refractivity contribution is 5.81. The number of allylic oxidation sites excluding steroid dienone is 9. The zero-order chi connectivity index (χ0) is 26.2. The fourth-order valence-electron chi connectivity index (χ4n) is 3.80. The third kappa shape index (κ3) is 8.87. The van der Waals surface area contributed by atoms with E-state index in [1.54, 1.807) is 0 Å². The van der Waals surface area contributed by atoms with Gasteiger partial charge in [-0.1, -0.05) is 96.7 Å². The maximum absolute atomic E-state index is 4.71. The fourth-order valence-corrected chi connectivity index (χ4v) is 3.80. The Hall–Kier alpha value is -3.13. The molecule has 1 N–H and O–H groups in total. The van der Waals surface area contributed by atoms with Gasteiger partial charge in [0.05, 0.1) is 5.69 Å². The van der Waals surface area contributed by atoms with Gasteiger partial charge < -0.3 is 5.32 Å². The first kappa shape index (κ1) is 29.9. The average molecular weight is 471 g/mol. The summed E-state index contributed by atoms with van der Waals surface area (Å²) in [5.41, 5.74) is 9.32. The first-order chi connectivity index (χ1) is 17.0. The highest BCUT2D eigenvalue weighted by Crippen LogP contribution is 2.30. The van der Waals surface area contributed by atoms with Gasteiger partial charge in [-0.15, -0.1) is 0 Å². The first-order valence-corrected chi connectivity index (χ1v) is 13.2. The second-order valence-corrected chi connectivity index (χ2v) is 8.09. The van der Waals surface area contributed by atoms with E-state index in [2.05, 4.69) is 93.4 Å². The van der Waals surface area contributed by atoms with E-state index in [9.17, 15) is 0 Å². The highest BCUT2D eigenvalue weighted by Gasteiger charge is 2.12. The molecule has 0 fully saturated rings. The minimum atomic E-state index is 0.613. The summed E-state index contributed by atoms with van der Waals surface area (Å²) in [5, 5.41) is 3.19. The van der Waals surface area contributed by atoms with Crippen molar-refractivity contribution in [3.05, 3.63) is 102 Å². The molecule has 1 aliphatic carbocycles. The number of hydrogen-bond acceptors (Lipinski definition) is 2. The molecule has 35 heavy (non-hydrogen) atoms. The molecule has 1 aromatic heterocycles. The van der Waals surface area contributed by atoms with Crippen LogP contribution in [0.4, 0.5) is 5.69 Å². The van der Waals surface area contributed by atoms with Gasteiger partial charge in [0.15, 0.2) is 0 Å². The van der Waals surface area contributed by atoms with Crippen LogP contribution in [0.1, 0.15) is 84.5 Å². The monoisotopic (exact) mass is 470 g/mol. The maximum atomic E-state index is 4.71. The Bertz CT molecular complexity index is 1030. The number of anilines is 1. The van der Waals surface area contributed by atoms with Crippen molar-refractivity contribution in [1.82, 2.24) is 4.98 Å². The quantitative estimate of drug-likeness (QED) is 0.388. The lowest BCUT2D eigenvalue weighted by molar-refractivity contribution is 0.663. The number of nitrogens with zero attached hydrogens (tertiary/aromatic N) is 1. The van der Waals surface area contributed by atoms with E-state index in [0.29, 0.717) is 5.92 Å². The Morgan fingerprint density at radius 3 is 2.46 bits per heavy atom. The molecule has 0 saturated carbocycles. The largest absolute Gasteiger partial charge is 0.388 e. The van der Waals surface area contributed by atoms with Gasteiger partial charge >= 0.3 is 0 Å². The lowest BCUT2D eigenvalue weighted by atomic mass is 9.88. The SMILES string of the molecule is C=C(/C=C\C(=C/C)c1cccc(NC)c1)c1ccc(C2=CC(C(C)CC)=CCC2)cn1.CC.CC. The standard InChI is InChI=1S/C29H34N2.2C2H6/c1-6-21(3)24-10-8-11-25(18-24)27-16-17-29(31-20-27)22(4)14-15-23(7-2)26-12-9-13-28(19-26)30-5;2*1-2/h7,9-10,12-21,30H,4,6,8,11H2,1-3,5H3;2*1-2H3/b15-14-,23-7+;;. The molecule has 3 rings (SSSR count). The van der Waals surface area contributed by atoms with Crippen LogP contribution in [0.25, 0.3) is 16.7 Å². The van der Waals surface area contributed by atoms with Crippen molar-refractivity contribution in [2.24, 2.45) is 5.92 Å². The molecule has 1 unspecified atom stereocenters. The zero-order valence-corrected chi connectivity index (χ0v) is 23.3. The van der Waals surface area contributed by atoms with Gasteiger partial charge in [-0.25, -0.2) is 0 Å². The van der Waals surface area contributed by atoms with E-state index < -0.39 is 0 Å². The van der Waals surface area contributed by atoms with E-state index in [0.717, 1.165) is 35.4 Å². The molecule has 2 nitrogen and oxygen atoms in total. The van der Waals surface area contributed by atoms with Crippen LogP contribution < -0.4 is 5.32 Å². The van der Waals surface area contributed by atoms with E-state index in [1.165, 1.54) is 28.7 Å². The maximum Gasteiger partial charge on any atom is 0.0696 e. The van der Waals surface area contributed by atoms with Crippen molar-refractivity contribution >= 4 is 22.4 Å². The predicted molar refractivity (Wildman–Crippen MR) is 159 cm³/mol. The summed E-state index contributed by atoms with van der Waals surface area (Å²) in [4.78, 5) is 4.71. The number of pyridine rings is 1. The molecule has 1 atom stereocenters. The molecule has 0 radical (unpaired) electrons. The molecule has 0 spiro atoms. The van der Waals surface area contributed by atoms with Crippen LogP contribution in [0.15, 0.2) is 85.1 Å². The first-order valence-electron chi connectivity index (χ1n) is 13.2. The third-order valence-corrected chi connectivity index (χ3v) is 6.04. The van der Waals surface area contributed by atoms with Crippen LogP contribution in [-0.4, -0.2) is 12.0 Å². The van der Waals surface area contributed by atoms with Crippen molar-refractivity contribution in [2.75, 3.05) is 12.4 Å². The Labute approximate surface area is 215 Å². The van der Waals surface area contributed by atoms with Crippen LogP contribution in [-0.2, 0) is 0 Å². The number of nitrogens with one attached hydrogen (secondary N) is 1. The van der Waals surface area contributed by atoms with Gasteiger partial charge in [0.25, 0.3) is 0 Å². The molecule has 0 aliphatic heterocycles. The summed E-state index contributed by atoms with van der Waals surface area (Å²) >= 11 is 0. The average Bonchev–Trinajstić information content (AvgIpc) is 2.95. The van der Waals surface area contributed by atoms with Crippen LogP contribution >= 0.6 is 0 Å². The molecule has 0 saturated heterocycles. The topological polar surface area (TPSA) is 24.9 Å². The molecule has 1 aromatic carbocycles. The van der Waals surface area contributed by atoms with Crippen molar-refractivity contribution in [3.8, 4) is 0 Å². The van der Waals surface area contributed by atoms with Crippen LogP contribution in [0.3, 0.4) is 0 Å². The fraction of sp³-hybridized carbons (Fsp3) is 0.364. The van der Waals surface area contributed by atoms with Crippen molar-refractivity contribution in [1.29, 1.82) is 0 Å². The van der Waals surface area contributed by atoms with E-state index in [4.69, 9.17) is 4.98 Å². The molecule has 188 valence electrons. The summed E-state index contributed by atoms with van der Waals surface area (Å²) in [6.07, 6.45) is 16.4. The highest BCUT2D eigenvalue weighted by atomic mass is 14.8. The molecule has 1 heterocycles. The lowest BCUT2D eigenvalue weighted by Gasteiger charge is -2.18. The van der Waals surface area contributed by atoms with E-state index >= 15 is 0 Å². The Morgan fingerprint density at radius 1 is 1.11 bits per heavy atom. The molecule has 1 aliphatic rings. The van der Waals surface area contributed by atoms with Crippen LogP contribution in [0, 0.1) is 5.92 Å². The molecular formula is C33H46N2. The third-order valence-electron chi connectivity index (χ3n) is 6.04. The van der Waals surface area contributed by atoms with E-state index in [-0.39, 0.29) is 0 Å². The molecular weight excluding hydrogens is 424 g/mol. The van der Waals surface area contributed by atoms with Gasteiger partial charge in [0, 0.05) is 18.9 Å². The summed E-state index contributed by atoms with van der Waals surface area (Å²) in [6.45, 7) is 18.8. The van der Waals surface area contributed by atoms with Gasteiger partial charge in [0.1, 0.15) is 0 Å². The predicted octanol–water partition coefficient (Wildman–Crippen LogP) is 10.00. The number of rotatable bonds is 8. The summed E-state index contributed by atoms with van der Waals surface area (Å²) < 4.78 is 0. The summed E-state index contributed by atoms with van der Waals surface area (Å²) in [6, 6.07) is 12.7. The van der Waals surface area contributed by atoms with Crippen molar-refractivity contribution in [2.45, 2.75) is 67.7 Å². The Kier molecular flexibility index (Phi) is 14.1. The Balaban J connectivity index is 0.00000145. The molecule has 2 heteroatoms. The molecule has 2 aromatic rings. The number of aromatic nitrogens is 1. The number of benzene rings is 1. The summed E-state index contributed by atoms with van der Waals surface area (Å²) in [7, 11) is 1.94. The lowest BCUT2D eigenvalue weighted by Crippen LogP contribution is -2.01. The number of hydrogen-bond donors (Lipinski definition) is 1. The minimum absolute atomic E-state index is 0.613. The van der Waals surface area contributed by atoms with Gasteiger partial charge in [0.2, 0.25) is 0 Å². The van der Waals surface area contributed by atoms with Gasteiger partial charge in [-0.2, -0.15) is 0 Å².